The van der Waals surface area contributed by atoms with E-state index in [0.29, 0.717) is 10.7 Å². The van der Waals surface area contributed by atoms with Crippen LogP contribution in [0.1, 0.15) is 46.5 Å². The first-order valence-electron chi connectivity index (χ1n) is 7.46. The summed E-state index contributed by atoms with van der Waals surface area (Å²) in [7, 11) is 1.60. The second-order valence-corrected chi connectivity index (χ2v) is 6.61. The van der Waals surface area contributed by atoms with Crippen molar-refractivity contribution in [1.82, 2.24) is 19.5 Å². The summed E-state index contributed by atoms with van der Waals surface area (Å²) in [5.74, 6) is 0.536. The Kier molecular flexibility index (Phi) is 4.98. The summed E-state index contributed by atoms with van der Waals surface area (Å²) in [6.07, 6.45) is 6.46. The standard InChI is InChI=1S/C15H24N4OS/c1-5-6-7-8-15(2,3)9-19-12-11(18-14(19)21)13(20-4)17-10-16-12/h10H,5-9H2,1-4H3,(H,18,21). The van der Waals surface area contributed by atoms with Crippen LogP contribution in [0.15, 0.2) is 6.33 Å². The number of nitrogens with zero attached hydrogens (tertiary/aromatic N) is 3. The predicted molar refractivity (Wildman–Crippen MR) is 87.2 cm³/mol. The third-order valence-corrected chi connectivity index (χ3v) is 4.08. The molecule has 21 heavy (non-hydrogen) atoms. The molecule has 5 nitrogen and oxygen atoms in total. The van der Waals surface area contributed by atoms with Gasteiger partial charge in [-0.1, -0.05) is 40.0 Å². The van der Waals surface area contributed by atoms with Gasteiger partial charge in [-0.3, -0.25) is 0 Å². The molecule has 2 heterocycles. The summed E-state index contributed by atoms with van der Waals surface area (Å²) < 4.78 is 7.99. The van der Waals surface area contributed by atoms with Crippen LogP contribution in [0.3, 0.4) is 0 Å². The van der Waals surface area contributed by atoms with Gasteiger partial charge in [0.1, 0.15) is 11.8 Å². The van der Waals surface area contributed by atoms with Gasteiger partial charge in [0.2, 0.25) is 5.88 Å². The molecule has 0 fully saturated rings. The zero-order valence-electron chi connectivity index (χ0n) is 13.3. The first kappa shape index (κ1) is 15.9. The molecular weight excluding hydrogens is 284 g/mol. The van der Waals surface area contributed by atoms with Crippen molar-refractivity contribution in [3.63, 3.8) is 0 Å². The van der Waals surface area contributed by atoms with Crippen LogP contribution in [0.25, 0.3) is 11.2 Å². The molecule has 0 atom stereocenters. The number of fused-ring (bicyclic) bond motifs is 1. The third-order valence-electron chi connectivity index (χ3n) is 3.76. The Bertz CT molecular complexity index is 659. The van der Waals surface area contributed by atoms with Crippen LogP contribution in [0.4, 0.5) is 0 Å². The monoisotopic (exact) mass is 308 g/mol. The molecule has 2 aromatic rings. The van der Waals surface area contributed by atoms with Crippen LogP contribution in [0.5, 0.6) is 5.88 Å². The Labute approximate surface area is 130 Å². The molecule has 0 saturated heterocycles. The Morgan fingerprint density at radius 2 is 2.10 bits per heavy atom. The number of unbranched alkanes of at least 4 members (excludes halogenated alkanes) is 2. The second-order valence-electron chi connectivity index (χ2n) is 6.22. The summed E-state index contributed by atoms with van der Waals surface area (Å²) in [6, 6.07) is 0. The predicted octanol–water partition coefficient (Wildman–Crippen LogP) is 4.10. The van der Waals surface area contributed by atoms with Gasteiger partial charge in [0.05, 0.1) is 7.11 Å². The van der Waals surface area contributed by atoms with Crippen molar-refractivity contribution in [2.45, 2.75) is 53.0 Å². The number of hydrogen-bond acceptors (Lipinski definition) is 4. The van der Waals surface area contributed by atoms with E-state index in [1.165, 1.54) is 32.0 Å². The lowest BCUT2D eigenvalue weighted by atomic mass is 9.87. The maximum absolute atomic E-state index is 5.45. The van der Waals surface area contributed by atoms with E-state index >= 15 is 0 Å². The number of H-pyrrole nitrogens is 1. The summed E-state index contributed by atoms with van der Waals surface area (Å²) in [5, 5.41) is 0. The maximum Gasteiger partial charge on any atom is 0.242 e. The second kappa shape index (κ2) is 6.56. The number of rotatable bonds is 7. The van der Waals surface area contributed by atoms with E-state index in [1.807, 2.05) is 0 Å². The smallest absolute Gasteiger partial charge is 0.242 e. The normalized spacial score (nSPS) is 12.0. The average Bonchev–Trinajstić information content (AvgIpc) is 2.75. The Balaban J connectivity index is 2.30. The Hall–Kier alpha value is -1.43. The molecule has 2 rings (SSSR count). The molecule has 116 valence electrons. The van der Waals surface area contributed by atoms with Gasteiger partial charge in [0, 0.05) is 6.54 Å². The molecule has 1 N–H and O–H groups in total. The molecule has 0 saturated carbocycles. The highest BCUT2D eigenvalue weighted by Crippen LogP contribution is 2.29. The first-order chi connectivity index (χ1) is 9.98. The van der Waals surface area contributed by atoms with Crippen LogP contribution in [0, 0.1) is 10.2 Å². The van der Waals surface area contributed by atoms with E-state index in [1.54, 1.807) is 7.11 Å². The lowest BCUT2D eigenvalue weighted by Gasteiger charge is -2.25. The number of hydrogen-bond donors (Lipinski definition) is 1. The number of aromatic amines is 1. The SMILES string of the molecule is CCCCCC(C)(C)Cn1c(=S)[nH]c2c(OC)ncnc21. The zero-order chi connectivity index (χ0) is 15.5. The summed E-state index contributed by atoms with van der Waals surface area (Å²) >= 11 is 5.45. The van der Waals surface area contributed by atoms with Gasteiger partial charge >= 0.3 is 0 Å². The highest BCUT2D eigenvalue weighted by molar-refractivity contribution is 7.71. The molecule has 0 radical (unpaired) electrons. The Morgan fingerprint density at radius 1 is 1.33 bits per heavy atom. The first-order valence-corrected chi connectivity index (χ1v) is 7.87. The van der Waals surface area contributed by atoms with Crippen molar-refractivity contribution in [1.29, 1.82) is 0 Å². The van der Waals surface area contributed by atoms with Crippen molar-refractivity contribution >= 4 is 23.4 Å². The van der Waals surface area contributed by atoms with E-state index in [4.69, 9.17) is 17.0 Å². The van der Waals surface area contributed by atoms with Crippen molar-refractivity contribution < 1.29 is 4.74 Å². The zero-order valence-corrected chi connectivity index (χ0v) is 14.1. The topological polar surface area (TPSA) is 55.7 Å². The minimum atomic E-state index is 0.181. The maximum atomic E-state index is 5.45. The fourth-order valence-electron chi connectivity index (χ4n) is 2.61. The molecule has 0 aromatic carbocycles. The molecule has 0 amide bonds. The average molecular weight is 308 g/mol. The van der Waals surface area contributed by atoms with Gasteiger partial charge in [-0.15, -0.1) is 0 Å². The molecule has 0 unspecified atom stereocenters. The van der Waals surface area contributed by atoms with Gasteiger partial charge in [-0.2, -0.15) is 4.98 Å². The van der Waals surface area contributed by atoms with E-state index in [9.17, 15) is 0 Å². The number of aromatic nitrogens is 4. The minimum absolute atomic E-state index is 0.181. The number of nitrogens with one attached hydrogen (secondary N) is 1. The highest BCUT2D eigenvalue weighted by Gasteiger charge is 2.21. The van der Waals surface area contributed by atoms with Crippen molar-refractivity contribution in [2.75, 3.05) is 7.11 Å². The summed E-state index contributed by atoms with van der Waals surface area (Å²) in [6.45, 7) is 7.63. The van der Waals surface area contributed by atoms with Gasteiger partial charge in [0.25, 0.3) is 0 Å². The quantitative estimate of drug-likeness (QED) is 0.618. The van der Waals surface area contributed by atoms with Gasteiger partial charge in [0.15, 0.2) is 10.4 Å². The van der Waals surface area contributed by atoms with E-state index in [0.717, 1.165) is 17.7 Å². The van der Waals surface area contributed by atoms with Gasteiger partial charge in [-0.25, -0.2) is 4.98 Å². The number of ether oxygens (including phenoxy) is 1. The number of imidazole rings is 1. The third kappa shape index (κ3) is 3.61. The van der Waals surface area contributed by atoms with Crippen molar-refractivity contribution in [3.05, 3.63) is 11.1 Å². The van der Waals surface area contributed by atoms with Crippen molar-refractivity contribution in [3.8, 4) is 5.88 Å². The molecular formula is C15H24N4OS. The van der Waals surface area contributed by atoms with Crippen molar-refractivity contribution in [2.24, 2.45) is 5.41 Å². The Morgan fingerprint density at radius 3 is 2.76 bits per heavy atom. The van der Waals surface area contributed by atoms with E-state index in [-0.39, 0.29) is 5.41 Å². The molecule has 6 heteroatoms. The lowest BCUT2D eigenvalue weighted by Crippen LogP contribution is -2.20. The van der Waals surface area contributed by atoms with E-state index in [2.05, 4.69) is 40.3 Å². The number of methoxy groups -OCH3 is 1. The fraction of sp³-hybridized carbons (Fsp3) is 0.667. The largest absolute Gasteiger partial charge is 0.479 e. The molecule has 0 bridgehead atoms. The van der Waals surface area contributed by atoms with Crippen LogP contribution in [0.2, 0.25) is 0 Å². The minimum Gasteiger partial charge on any atom is -0.479 e. The van der Waals surface area contributed by atoms with Crippen LogP contribution < -0.4 is 4.74 Å². The van der Waals surface area contributed by atoms with Gasteiger partial charge < -0.3 is 14.3 Å². The summed E-state index contributed by atoms with van der Waals surface area (Å²) in [5.41, 5.74) is 1.77. The van der Waals surface area contributed by atoms with Crippen LogP contribution >= 0.6 is 12.2 Å². The molecule has 0 aliphatic carbocycles. The fourth-order valence-corrected chi connectivity index (χ4v) is 2.86. The van der Waals surface area contributed by atoms with Crippen LogP contribution in [-0.4, -0.2) is 26.6 Å². The molecule has 0 spiro atoms. The van der Waals surface area contributed by atoms with Crippen LogP contribution in [-0.2, 0) is 6.54 Å². The molecule has 0 aliphatic rings. The highest BCUT2D eigenvalue weighted by atomic mass is 32.1. The summed E-state index contributed by atoms with van der Waals surface area (Å²) in [4.78, 5) is 11.6. The lowest BCUT2D eigenvalue weighted by molar-refractivity contribution is 0.273. The molecule has 2 aromatic heterocycles. The van der Waals surface area contributed by atoms with E-state index < -0.39 is 0 Å². The molecule has 0 aliphatic heterocycles. The van der Waals surface area contributed by atoms with Gasteiger partial charge in [-0.05, 0) is 24.1 Å².